The molecule has 0 spiro atoms. The van der Waals surface area contributed by atoms with E-state index in [4.69, 9.17) is 28.9 Å². The van der Waals surface area contributed by atoms with Crippen LogP contribution < -0.4 is 14.4 Å². The van der Waals surface area contributed by atoms with Crippen molar-refractivity contribution >= 4 is 29.6 Å². The highest BCUT2D eigenvalue weighted by Crippen LogP contribution is 2.45. The van der Waals surface area contributed by atoms with Crippen LogP contribution in [0.2, 0.25) is 0 Å². The predicted molar refractivity (Wildman–Crippen MR) is 167 cm³/mol. The van der Waals surface area contributed by atoms with Gasteiger partial charge in [-0.1, -0.05) is 55.1 Å². The van der Waals surface area contributed by atoms with Crippen LogP contribution in [0.1, 0.15) is 50.0 Å². The van der Waals surface area contributed by atoms with Gasteiger partial charge in [0.2, 0.25) is 0 Å². The van der Waals surface area contributed by atoms with Crippen molar-refractivity contribution < 1.29 is 23.7 Å². The summed E-state index contributed by atoms with van der Waals surface area (Å²) in [5, 5.41) is 0.907. The fourth-order valence-electron chi connectivity index (χ4n) is 5.29. The molecule has 3 aliphatic rings. The zero-order valence-corrected chi connectivity index (χ0v) is 25.9. The normalized spacial score (nSPS) is 22.7. The number of amides is 1. The zero-order chi connectivity index (χ0) is 30.0. The Kier molecular flexibility index (Phi) is 8.35. The largest absolute Gasteiger partial charge is 0.461 e. The highest BCUT2D eigenvalue weighted by molar-refractivity contribution is 8.00. The first-order chi connectivity index (χ1) is 20.7. The monoisotopic (exact) mass is 602 g/mol. The van der Waals surface area contributed by atoms with Gasteiger partial charge in [0.1, 0.15) is 35.1 Å². The van der Waals surface area contributed by atoms with E-state index in [-0.39, 0.29) is 16.8 Å². The lowest BCUT2D eigenvalue weighted by Crippen LogP contribution is -2.49. The highest BCUT2D eigenvalue weighted by atomic mass is 32.2. The number of thioether (sulfide) groups is 1. The van der Waals surface area contributed by atoms with Crippen LogP contribution in [0.15, 0.2) is 65.7 Å². The number of nitrogens with zero attached hydrogens (tertiary/aromatic N) is 4. The van der Waals surface area contributed by atoms with Gasteiger partial charge >= 0.3 is 6.01 Å². The van der Waals surface area contributed by atoms with Crippen LogP contribution in [-0.2, 0) is 9.47 Å². The van der Waals surface area contributed by atoms with E-state index >= 15 is 0 Å². The molecular formula is C33H38N4O5S. The summed E-state index contributed by atoms with van der Waals surface area (Å²) >= 11 is 1.74. The molecular weight excluding hydrogens is 564 g/mol. The van der Waals surface area contributed by atoms with Crippen molar-refractivity contribution in [3.63, 3.8) is 0 Å². The van der Waals surface area contributed by atoms with Gasteiger partial charge in [0.15, 0.2) is 5.79 Å². The fourth-order valence-corrected chi connectivity index (χ4v) is 6.40. The smallest absolute Gasteiger partial charge is 0.319 e. The van der Waals surface area contributed by atoms with Gasteiger partial charge in [-0.05, 0) is 57.5 Å². The molecule has 3 aliphatic heterocycles. The van der Waals surface area contributed by atoms with E-state index in [1.54, 1.807) is 17.8 Å². The lowest BCUT2D eigenvalue weighted by Gasteiger charge is -2.37. The Balaban J connectivity index is 1.16. The SMILES string of the molecule is CCC1(C)C=Cc2c(nc(OC[C@H]3COC(C)(C)O3)nc2N2CCN(C(=O)c3cccc(Oc4ccccc4)c3)CC2)S1. The van der Waals surface area contributed by atoms with Crippen LogP contribution in [-0.4, -0.2) is 76.8 Å². The van der Waals surface area contributed by atoms with Crippen molar-refractivity contribution in [3.8, 4) is 17.5 Å². The van der Waals surface area contributed by atoms with Crippen molar-refractivity contribution in [2.75, 3.05) is 44.3 Å². The average Bonchev–Trinajstić information content (AvgIpc) is 3.38. The standard InChI is InChI=1S/C33H38N4O5S/c1-5-33(4)15-14-27-28(34-31(35-29(27)43-33)39-21-26-22-40-32(2,3)42-26)36-16-18-37(19-17-36)30(38)23-10-9-13-25(20-23)41-24-11-7-6-8-12-24/h6-15,20,26H,5,16-19,21-22H2,1-4H3/t26-,33?/m0/s1. The van der Waals surface area contributed by atoms with E-state index in [0.29, 0.717) is 56.7 Å². The quantitative estimate of drug-likeness (QED) is 0.286. The van der Waals surface area contributed by atoms with Crippen molar-refractivity contribution in [3.05, 3.63) is 71.8 Å². The van der Waals surface area contributed by atoms with Crippen molar-refractivity contribution in [2.24, 2.45) is 0 Å². The maximum absolute atomic E-state index is 13.5. The number of anilines is 1. The molecule has 0 saturated carbocycles. The molecule has 9 nitrogen and oxygen atoms in total. The van der Waals surface area contributed by atoms with E-state index in [0.717, 1.165) is 28.6 Å². The molecule has 3 aromatic rings. The second-order valence-electron chi connectivity index (χ2n) is 11.6. The lowest BCUT2D eigenvalue weighted by atomic mass is 10.1. The third kappa shape index (κ3) is 6.82. The van der Waals surface area contributed by atoms with E-state index in [2.05, 4.69) is 30.9 Å². The Morgan fingerprint density at radius 1 is 1.02 bits per heavy atom. The topological polar surface area (TPSA) is 86.3 Å². The minimum absolute atomic E-state index is 0.0113. The molecule has 2 fully saturated rings. The molecule has 0 aliphatic carbocycles. The number of aromatic nitrogens is 2. The van der Waals surface area contributed by atoms with E-state index in [1.165, 1.54) is 0 Å². The number of rotatable bonds is 8. The van der Waals surface area contributed by atoms with Gasteiger partial charge in [-0.25, -0.2) is 0 Å². The molecule has 1 aromatic heterocycles. The number of ether oxygens (including phenoxy) is 4. The minimum Gasteiger partial charge on any atom is -0.461 e. The minimum atomic E-state index is -0.618. The molecule has 10 heteroatoms. The van der Waals surface area contributed by atoms with Gasteiger partial charge < -0.3 is 28.7 Å². The van der Waals surface area contributed by atoms with Gasteiger partial charge in [-0.3, -0.25) is 4.79 Å². The molecule has 1 amide bonds. The summed E-state index contributed by atoms with van der Waals surface area (Å²) in [6.45, 7) is 11.4. The van der Waals surface area contributed by atoms with Crippen LogP contribution in [0.5, 0.6) is 17.5 Å². The second-order valence-corrected chi connectivity index (χ2v) is 13.2. The molecule has 2 atom stereocenters. The van der Waals surface area contributed by atoms with E-state index in [1.807, 2.05) is 67.3 Å². The maximum Gasteiger partial charge on any atom is 0.319 e. The molecule has 6 rings (SSSR count). The van der Waals surface area contributed by atoms with Crippen molar-refractivity contribution in [2.45, 2.75) is 55.8 Å². The number of benzene rings is 2. The third-order valence-corrected chi connectivity index (χ3v) is 9.29. The fraction of sp³-hybridized carbons (Fsp3) is 0.424. The first-order valence-corrected chi connectivity index (χ1v) is 15.6. The third-order valence-electron chi connectivity index (χ3n) is 7.90. The van der Waals surface area contributed by atoms with Crippen LogP contribution >= 0.6 is 11.8 Å². The Bertz CT molecular complexity index is 1490. The number of carbonyl (C=O) groups is 1. The van der Waals surface area contributed by atoms with Gasteiger partial charge in [-0.2, -0.15) is 9.97 Å². The molecule has 0 bridgehead atoms. The number of para-hydroxylation sites is 1. The first-order valence-electron chi connectivity index (χ1n) is 14.8. The van der Waals surface area contributed by atoms with Gasteiger partial charge in [-0.15, -0.1) is 0 Å². The van der Waals surface area contributed by atoms with Gasteiger partial charge in [0, 0.05) is 42.1 Å². The molecule has 226 valence electrons. The van der Waals surface area contributed by atoms with Crippen molar-refractivity contribution in [1.82, 2.24) is 14.9 Å². The molecule has 2 saturated heterocycles. The van der Waals surface area contributed by atoms with Crippen molar-refractivity contribution in [1.29, 1.82) is 0 Å². The van der Waals surface area contributed by atoms with E-state index in [9.17, 15) is 4.79 Å². The average molecular weight is 603 g/mol. The molecule has 0 radical (unpaired) electrons. The first kappa shape index (κ1) is 29.5. The Morgan fingerprint density at radius 2 is 1.79 bits per heavy atom. The predicted octanol–water partition coefficient (Wildman–Crippen LogP) is 6.05. The summed E-state index contributed by atoms with van der Waals surface area (Å²) in [6, 6.07) is 17.3. The lowest BCUT2D eigenvalue weighted by molar-refractivity contribution is -0.141. The number of hydrogen-bond donors (Lipinski definition) is 0. The Labute approximate surface area is 257 Å². The Morgan fingerprint density at radius 3 is 2.51 bits per heavy atom. The Hall–Kier alpha value is -3.60. The molecule has 2 aromatic carbocycles. The van der Waals surface area contributed by atoms with Gasteiger partial charge in [0.05, 0.1) is 6.61 Å². The summed E-state index contributed by atoms with van der Waals surface area (Å²) in [6.07, 6.45) is 5.17. The van der Waals surface area contributed by atoms with Crippen LogP contribution in [0.3, 0.4) is 0 Å². The number of hydrogen-bond acceptors (Lipinski definition) is 9. The second kappa shape index (κ2) is 12.2. The van der Waals surface area contributed by atoms with Crippen LogP contribution in [0.4, 0.5) is 5.82 Å². The number of piperazine rings is 1. The summed E-state index contributed by atoms with van der Waals surface area (Å²) < 4.78 is 23.6. The molecule has 1 unspecified atom stereocenters. The molecule has 4 heterocycles. The van der Waals surface area contributed by atoms with Gasteiger partial charge in [0.25, 0.3) is 5.91 Å². The summed E-state index contributed by atoms with van der Waals surface area (Å²) in [5.41, 5.74) is 1.60. The summed E-state index contributed by atoms with van der Waals surface area (Å²) in [7, 11) is 0. The number of carbonyl (C=O) groups excluding carboxylic acids is 1. The van der Waals surface area contributed by atoms with Crippen LogP contribution in [0.25, 0.3) is 6.08 Å². The van der Waals surface area contributed by atoms with Crippen LogP contribution in [0, 0.1) is 0 Å². The maximum atomic E-state index is 13.5. The molecule has 0 N–H and O–H groups in total. The zero-order valence-electron chi connectivity index (χ0n) is 25.1. The summed E-state index contributed by atoms with van der Waals surface area (Å²) in [4.78, 5) is 27.3. The highest BCUT2D eigenvalue weighted by Gasteiger charge is 2.34. The molecule has 43 heavy (non-hydrogen) atoms. The number of fused-ring (bicyclic) bond motifs is 1. The summed E-state index contributed by atoms with van der Waals surface area (Å²) in [5.74, 6) is 1.57. The van der Waals surface area contributed by atoms with E-state index < -0.39 is 5.79 Å².